The van der Waals surface area contributed by atoms with Crippen molar-refractivity contribution in [3.8, 4) is 0 Å². The van der Waals surface area contributed by atoms with E-state index in [0.717, 1.165) is 6.42 Å². The number of carbonyl (C=O) groups excluding carboxylic acids is 2. The van der Waals surface area contributed by atoms with E-state index in [1.165, 1.54) is 16.7 Å². The van der Waals surface area contributed by atoms with E-state index < -0.39 is 24.0 Å². The zero-order valence-corrected chi connectivity index (χ0v) is 21.3. The van der Waals surface area contributed by atoms with Crippen LogP contribution in [0.4, 0.5) is 0 Å². The number of hydrogen-bond acceptors (Lipinski definition) is 7. The fourth-order valence-corrected chi connectivity index (χ4v) is 7.42. The Morgan fingerprint density at radius 3 is 2.54 bits per heavy atom. The Morgan fingerprint density at radius 1 is 1.29 bits per heavy atom. The molecule has 0 aliphatic carbocycles. The van der Waals surface area contributed by atoms with E-state index in [9.17, 15) is 24.6 Å². The number of carboxylic acids is 1. The van der Waals surface area contributed by atoms with Crippen LogP contribution in [0.3, 0.4) is 0 Å². The molecule has 11 nitrogen and oxygen atoms in total. The number of nitrogens with two attached hydrogens (primary N) is 1. The smallest absolute Gasteiger partial charge is 0.353 e. The fourth-order valence-electron chi connectivity index (χ4n) is 5.89. The minimum absolute atomic E-state index is 0.0142. The zero-order chi connectivity index (χ0) is 25.8. The summed E-state index contributed by atoms with van der Waals surface area (Å²) in [6.07, 6.45) is 0.366. The first kappa shape index (κ1) is 25.5. The monoisotopic (exact) mass is 506 g/mol. The van der Waals surface area contributed by atoms with E-state index in [-0.39, 0.29) is 46.6 Å². The van der Waals surface area contributed by atoms with Crippen molar-refractivity contribution >= 4 is 41.2 Å². The van der Waals surface area contributed by atoms with Gasteiger partial charge < -0.3 is 30.6 Å². The Balaban J connectivity index is 1.51. The van der Waals surface area contributed by atoms with Crippen molar-refractivity contribution in [3.63, 3.8) is 0 Å². The summed E-state index contributed by atoms with van der Waals surface area (Å²) in [5.74, 6) is -1.63. The number of nitrogens with one attached hydrogen (secondary N) is 1. The molecule has 0 aromatic carbocycles. The number of thioether (sulfide) groups is 1. The van der Waals surface area contributed by atoms with Gasteiger partial charge in [-0.3, -0.25) is 20.0 Å². The summed E-state index contributed by atoms with van der Waals surface area (Å²) < 4.78 is 0. The van der Waals surface area contributed by atoms with Gasteiger partial charge in [0.2, 0.25) is 11.8 Å². The number of β-lactam (4-membered cyclic amide) rings is 1. The summed E-state index contributed by atoms with van der Waals surface area (Å²) in [5.41, 5.74) is 5.68. The molecule has 0 saturated carbocycles. The van der Waals surface area contributed by atoms with Gasteiger partial charge in [0.1, 0.15) is 11.7 Å². The number of nitrogens with zero attached hydrogens (tertiary/aromatic N) is 4. The molecular weight excluding hydrogens is 472 g/mol. The third kappa shape index (κ3) is 4.42. The third-order valence-corrected chi connectivity index (χ3v) is 8.94. The molecule has 0 bridgehead atoms. The van der Waals surface area contributed by atoms with E-state index in [0.29, 0.717) is 36.8 Å². The number of aliphatic hydroxyl groups is 1. The molecule has 4 aliphatic rings. The van der Waals surface area contributed by atoms with Gasteiger partial charge in [-0.1, -0.05) is 6.92 Å². The van der Waals surface area contributed by atoms with Gasteiger partial charge in [0.05, 0.1) is 35.8 Å². The van der Waals surface area contributed by atoms with Crippen molar-refractivity contribution in [1.82, 2.24) is 14.7 Å². The SMILES string of the molecule is CC(=N)N1C[C@@H](SC2=C(C(=O)O)N3C(=O)[C@H]([C@@H](C)O)[C@H]3[C@H]2C)C[C@H]1C(=O)N1CC[C@H](N=C(C)N)C1. The summed E-state index contributed by atoms with van der Waals surface area (Å²) in [4.78, 5) is 48.0. The highest BCUT2D eigenvalue weighted by molar-refractivity contribution is 8.03. The maximum absolute atomic E-state index is 13.4. The minimum Gasteiger partial charge on any atom is -0.477 e. The zero-order valence-electron chi connectivity index (χ0n) is 20.5. The molecule has 0 aromatic heterocycles. The van der Waals surface area contributed by atoms with Gasteiger partial charge in [-0.2, -0.15) is 0 Å². The molecule has 12 heteroatoms. The van der Waals surface area contributed by atoms with Gasteiger partial charge in [-0.25, -0.2) is 4.79 Å². The lowest BCUT2D eigenvalue weighted by molar-refractivity contribution is -0.163. The molecule has 4 heterocycles. The fraction of sp³-hybridized carbons (Fsp3) is 0.696. The van der Waals surface area contributed by atoms with Crippen LogP contribution in [0, 0.1) is 17.2 Å². The second-order valence-electron chi connectivity index (χ2n) is 10.00. The van der Waals surface area contributed by atoms with E-state index in [2.05, 4.69) is 4.99 Å². The van der Waals surface area contributed by atoms with Gasteiger partial charge in [0.25, 0.3) is 0 Å². The summed E-state index contributed by atoms with van der Waals surface area (Å²) in [6.45, 7) is 8.35. The second-order valence-corrected chi connectivity index (χ2v) is 11.3. The van der Waals surface area contributed by atoms with E-state index in [4.69, 9.17) is 11.1 Å². The lowest BCUT2D eigenvalue weighted by atomic mass is 9.79. The molecule has 4 rings (SSSR count). The summed E-state index contributed by atoms with van der Waals surface area (Å²) in [7, 11) is 0. The highest BCUT2D eigenvalue weighted by Crippen LogP contribution is 2.52. The number of amides is 2. The first-order chi connectivity index (χ1) is 16.4. The highest BCUT2D eigenvalue weighted by Gasteiger charge is 2.60. The number of likely N-dealkylation sites (tertiary alicyclic amines) is 2. The van der Waals surface area contributed by atoms with Crippen LogP contribution in [-0.4, -0.2) is 103 Å². The van der Waals surface area contributed by atoms with Crippen molar-refractivity contribution in [1.29, 1.82) is 5.41 Å². The van der Waals surface area contributed by atoms with E-state index >= 15 is 0 Å². The number of fused-ring (bicyclic) bond motifs is 1. The Bertz CT molecular complexity index is 1010. The predicted molar refractivity (Wildman–Crippen MR) is 132 cm³/mol. The number of amidine groups is 2. The van der Waals surface area contributed by atoms with Gasteiger partial charge >= 0.3 is 5.97 Å². The molecular formula is C23H34N6O5S. The molecule has 0 spiro atoms. The lowest BCUT2D eigenvalue weighted by Crippen LogP contribution is -2.63. The number of aliphatic hydroxyl groups excluding tert-OH is 1. The molecule has 5 N–H and O–H groups in total. The van der Waals surface area contributed by atoms with Gasteiger partial charge in [-0.05, 0) is 33.6 Å². The minimum atomic E-state index is -1.16. The molecule has 0 unspecified atom stereocenters. The quantitative estimate of drug-likeness (QED) is 0.227. The van der Waals surface area contributed by atoms with Crippen molar-refractivity contribution in [3.05, 3.63) is 10.6 Å². The predicted octanol–water partition coefficient (Wildman–Crippen LogP) is 0.291. The summed E-state index contributed by atoms with van der Waals surface area (Å²) >= 11 is 1.39. The summed E-state index contributed by atoms with van der Waals surface area (Å²) in [6, 6.07) is -0.888. The molecule has 3 fully saturated rings. The molecule has 35 heavy (non-hydrogen) atoms. The van der Waals surface area contributed by atoms with Gasteiger partial charge in [-0.15, -0.1) is 11.8 Å². The van der Waals surface area contributed by atoms with Crippen molar-refractivity contribution in [2.75, 3.05) is 19.6 Å². The highest BCUT2D eigenvalue weighted by atomic mass is 32.2. The van der Waals surface area contributed by atoms with Crippen LogP contribution < -0.4 is 5.73 Å². The maximum atomic E-state index is 13.4. The molecule has 192 valence electrons. The van der Waals surface area contributed by atoms with Gasteiger partial charge in [0, 0.05) is 35.7 Å². The van der Waals surface area contributed by atoms with Crippen LogP contribution in [0.25, 0.3) is 0 Å². The average Bonchev–Trinajstić information content (AvgIpc) is 3.44. The second kappa shape index (κ2) is 9.45. The van der Waals surface area contributed by atoms with Crippen LogP contribution in [0.2, 0.25) is 0 Å². The Morgan fingerprint density at radius 2 is 1.97 bits per heavy atom. The van der Waals surface area contributed by atoms with Gasteiger partial charge in [0.15, 0.2) is 0 Å². The van der Waals surface area contributed by atoms with E-state index in [1.54, 1.807) is 30.6 Å². The van der Waals surface area contributed by atoms with Crippen LogP contribution in [0.1, 0.15) is 40.5 Å². The molecule has 0 aromatic rings. The topological polar surface area (TPSA) is 164 Å². The van der Waals surface area contributed by atoms with Crippen molar-refractivity contribution in [2.45, 2.75) is 70.0 Å². The standard InChI is InChI=1S/C23H34N6O5S/c1-10-18-17(11(2)30)22(32)29(18)19(23(33)34)20(10)35-15-7-16(28(9-15)13(4)25)21(31)27-6-5-14(8-27)26-12(3)24/h10-11,14-18,25,30H,5-9H2,1-4H3,(H2,24,26)(H,33,34)/t10-,11-,14+,15+,16+,17-,18-/m1/s1. The van der Waals surface area contributed by atoms with Crippen LogP contribution in [0.15, 0.2) is 15.6 Å². The molecule has 4 aliphatic heterocycles. The molecule has 0 radical (unpaired) electrons. The molecule has 2 amide bonds. The number of aliphatic carboxylic acids is 1. The Kier molecular flexibility index (Phi) is 6.89. The maximum Gasteiger partial charge on any atom is 0.353 e. The van der Waals surface area contributed by atoms with Crippen molar-refractivity contribution < 1.29 is 24.6 Å². The van der Waals surface area contributed by atoms with E-state index in [1.807, 2.05) is 6.92 Å². The van der Waals surface area contributed by atoms with Crippen molar-refractivity contribution in [2.24, 2.45) is 22.6 Å². The largest absolute Gasteiger partial charge is 0.477 e. The Hall–Kier alpha value is -2.60. The number of carboxylic acid groups (broad SMARTS) is 1. The summed E-state index contributed by atoms with van der Waals surface area (Å²) in [5, 5.41) is 28.1. The first-order valence-electron chi connectivity index (χ1n) is 12.0. The average molecular weight is 507 g/mol. The van der Waals surface area contributed by atoms with Crippen LogP contribution >= 0.6 is 11.8 Å². The number of hydrogen-bond donors (Lipinski definition) is 4. The first-order valence-corrected chi connectivity index (χ1v) is 12.9. The van der Waals surface area contributed by atoms with Crippen LogP contribution in [0.5, 0.6) is 0 Å². The normalized spacial score (nSPS) is 33.8. The lowest BCUT2D eigenvalue weighted by Gasteiger charge is -2.46. The number of rotatable bonds is 6. The molecule has 3 saturated heterocycles. The third-order valence-electron chi connectivity index (χ3n) is 7.44. The Labute approximate surface area is 208 Å². The van der Waals surface area contributed by atoms with Crippen LogP contribution in [-0.2, 0) is 14.4 Å². The number of aliphatic imine (C=N–C) groups is 1. The molecule has 7 atom stereocenters. The number of carbonyl (C=O) groups is 3.